The van der Waals surface area contributed by atoms with Gasteiger partial charge in [-0.25, -0.2) is 0 Å². The van der Waals surface area contributed by atoms with Crippen molar-refractivity contribution in [1.29, 1.82) is 0 Å². The summed E-state index contributed by atoms with van der Waals surface area (Å²) in [5.74, 6) is 1.77. The van der Waals surface area contributed by atoms with Gasteiger partial charge < -0.3 is 14.4 Å². The lowest BCUT2D eigenvalue weighted by molar-refractivity contribution is -0.133. The minimum atomic E-state index is 0.282. The van der Waals surface area contributed by atoms with E-state index in [-0.39, 0.29) is 5.91 Å². The third kappa shape index (κ3) is 5.87. The van der Waals surface area contributed by atoms with Gasteiger partial charge >= 0.3 is 0 Å². The molecule has 1 heterocycles. The van der Waals surface area contributed by atoms with Crippen LogP contribution < -0.4 is 4.74 Å². The van der Waals surface area contributed by atoms with Crippen molar-refractivity contribution in [3.8, 4) is 5.75 Å². The molecule has 1 fully saturated rings. The molecule has 1 aliphatic rings. The Bertz CT molecular complexity index is 489. The molecule has 4 heteroatoms. The molecule has 1 atom stereocenters. The average molecular weight is 319 g/mol. The molecule has 0 bridgehead atoms. The van der Waals surface area contributed by atoms with Crippen molar-refractivity contribution in [2.45, 2.75) is 38.5 Å². The van der Waals surface area contributed by atoms with E-state index in [1.54, 1.807) is 14.2 Å². The van der Waals surface area contributed by atoms with Crippen molar-refractivity contribution < 1.29 is 14.3 Å². The molecular weight excluding hydrogens is 290 g/mol. The summed E-state index contributed by atoms with van der Waals surface area (Å²) in [6, 6.07) is 7.97. The second-order valence-corrected chi connectivity index (χ2v) is 6.33. The van der Waals surface area contributed by atoms with Gasteiger partial charge in [-0.3, -0.25) is 4.79 Å². The Labute approximate surface area is 139 Å². The van der Waals surface area contributed by atoms with Crippen molar-refractivity contribution in [3.63, 3.8) is 0 Å². The van der Waals surface area contributed by atoms with Crippen molar-refractivity contribution in [2.75, 3.05) is 33.9 Å². The van der Waals surface area contributed by atoms with Gasteiger partial charge in [0.15, 0.2) is 0 Å². The average Bonchev–Trinajstić information content (AvgIpc) is 2.60. The van der Waals surface area contributed by atoms with E-state index in [0.29, 0.717) is 12.3 Å². The first kappa shape index (κ1) is 17.8. The molecule has 0 radical (unpaired) electrons. The topological polar surface area (TPSA) is 38.8 Å². The van der Waals surface area contributed by atoms with Crippen LogP contribution in [0.2, 0.25) is 0 Å². The highest BCUT2D eigenvalue weighted by Crippen LogP contribution is 2.22. The molecular formula is C19H29NO3. The first-order chi connectivity index (χ1) is 11.2. The lowest BCUT2D eigenvalue weighted by atomic mass is 9.93. The largest absolute Gasteiger partial charge is 0.497 e. The second kappa shape index (κ2) is 9.56. The maximum atomic E-state index is 12.5. The lowest BCUT2D eigenvalue weighted by Crippen LogP contribution is -2.40. The molecule has 1 unspecified atom stereocenters. The van der Waals surface area contributed by atoms with Crippen LogP contribution in [0.5, 0.6) is 5.75 Å². The number of piperidine rings is 1. The van der Waals surface area contributed by atoms with Crippen LogP contribution >= 0.6 is 0 Å². The SMILES string of the molecule is COCCCC1CCCN(C(=O)CCc2cccc(OC)c2)C1. The van der Waals surface area contributed by atoms with Crippen LogP contribution in [-0.2, 0) is 16.0 Å². The van der Waals surface area contributed by atoms with Crippen LogP contribution in [0.25, 0.3) is 0 Å². The summed E-state index contributed by atoms with van der Waals surface area (Å²) in [5, 5.41) is 0. The summed E-state index contributed by atoms with van der Waals surface area (Å²) in [6.45, 7) is 2.65. The number of hydrogen-bond donors (Lipinski definition) is 0. The number of methoxy groups -OCH3 is 2. The van der Waals surface area contributed by atoms with E-state index in [0.717, 1.165) is 56.7 Å². The number of benzene rings is 1. The Morgan fingerprint density at radius 3 is 3.00 bits per heavy atom. The fourth-order valence-electron chi connectivity index (χ4n) is 3.28. The summed E-state index contributed by atoms with van der Waals surface area (Å²) < 4.78 is 10.4. The van der Waals surface area contributed by atoms with Crippen molar-refractivity contribution in [3.05, 3.63) is 29.8 Å². The maximum absolute atomic E-state index is 12.5. The minimum Gasteiger partial charge on any atom is -0.497 e. The number of rotatable bonds is 8. The van der Waals surface area contributed by atoms with Gasteiger partial charge in [-0.1, -0.05) is 12.1 Å². The molecule has 2 rings (SSSR count). The van der Waals surface area contributed by atoms with E-state index >= 15 is 0 Å². The van der Waals surface area contributed by atoms with E-state index in [2.05, 4.69) is 11.0 Å². The zero-order valence-corrected chi connectivity index (χ0v) is 14.4. The van der Waals surface area contributed by atoms with Gasteiger partial charge in [-0.05, 0) is 55.7 Å². The van der Waals surface area contributed by atoms with Gasteiger partial charge in [-0.2, -0.15) is 0 Å². The molecule has 0 spiro atoms. The number of likely N-dealkylation sites (tertiary alicyclic amines) is 1. The first-order valence-corrected chi connectivity index (χ1v) is 8.62. The summed E-state index contributed by atoms with van der Waals surface area (Å²) in [6.07, 6.45) is 5.98. The number of aryl methyl sites for hydroxylation is 1. The van der Waals surface area contributed by atoms with Crippen LogP contribution in [0.15, 0.2) is 24.3 Å². The quantitative estimate of drug-likeness (QED) is 0.690. The molecule has 128 valence electrons. The Hall–Kier alpha value is -1.55. The number of amides is 1. The van der Waals surface area contributed by atoms with Crippen LogP contribution in [0, 0.1) is 5.92 Å². The van der Waals surface area contributed by atoms with Gasteiger partial charge in [0.2, 0.25) is 5.91 Å². The molecule has 1 aliphatic heterocycles. The van der Waals surface area contributed by atoms with Crippen LogP contribution in [-0.4, -0.2) is 44.7 Å². The number of carbonyl (C=O) groups is 1. The normalized spacial score (nSPS) is 18.0. The highest BCUT2D eigenvalue weighted by Gasteiger charge is 2.23. The molecule has 0 N–H and O–H groups in total. The molecule has 4 nitrogen and oxygen atoms in total. The Morgan fingerprint density at radius 2 is 2.22 bits per heavy atom. The summed E-state index contributed by atoms with van der Waals surface area (Å²) in [5.41, 5.74) is 1.16. The maximum Gasteiger partial charge on any atom is 0.222 e. The Kier molecular flexibility index (Phi) is 7.40. The fraction of sp³-hybridized carbons (Fsp3) is 0.632. The molecule has 0 saturated carbocycles. The summed E-state index contributed by atoms with van der Waals surface area (Å²) in [4.78, 5) is 14.5. The number of ether oxygens (including phenoxy) is 2. The zero-order chi connectivity index (χ0) is 16.5. The third-order valence-corrected chi connectivity index (χ3v) is 4.59. The highest BCUT2D eigenvalue weighted by molar-refractivity contribution is 5.76. The van der Waals surface area contributed by atoms with E-state index in [1.807, 2.05) is 18.2 Å². The molecule has 1 aromatic rings. The van der Waals surface area contributed by atoms with Gasteiger partial charge in [0.1, 0.15) is 5.75 Å². The molecule has 1 aromatic carbocycles. The monoisotopic (exact) mass is 319 g/mol. The molecule has 0 aromatic heterocycles. The van der Waals surface area contributed by atoms with Gasteiger partial charge in [0.25, 0.3) is 0 Å². The highest BCUT2D eigenvalue weighted by atomic mass is 16.5. The molecule has 1 amide bonds. The zero-order valence-electron chi connectivity index (χ0n) is 14.4. The van der Waals surface area contributed by atoms with Gasteiger partial charge in [0.05, 0.1) is 7.11 Å². The van der Waals surface area contributed by atoms with Crippen molar-refractivity contribution in [1.82, 2.24) is 4.90 Å². The predicted octanol–water partition coefficient (Wildman–Crippen LogP) is 3.29. The number of nitrogens with zero attached hydrogens (tertiary/aromatic N) is 1. The van der Waals surface area contributed by atoms with Crippen LogP contribution in [0.1, 0.15) is 37.7 Å². The van der Waals surface area contributed by atoms with E-state index in [4.69, 9.17) is 9.47 Å². The second-order valence-electron chi connectivity index (χ2n) is 6.33. The van der Waals surface area contributed by atoms with Crippen LogP contribution in [0.3, 0.4) is 0 Å². The van der Waals surface area contributed by atoms with Crippen molar-refractivity contribution in [2.24, 2.45) is 5.92 Å². The van der Waals surface area contributed by atoms with Gasteiger partial charge in [-0.15, -0.1) is 0 Å². The van der Waals surface area contributed by atoms with Gasteiger partial charge in [0, 0.05) is 33.2 Å². The summed E-state index contributed by atoms with van der Waals surface area (Å²) >= 11 is 0. The Balaban J connectivity index is 1.78. The van der Waals surface area contributed by atoms with E-state index in [9.17, 15) is 4.79 Å². The molecule has 23 heavy (non-hydrogen) atoms. The van der Waals surface area contributed by atoms with E-state index in [1.165, 1.54) is 6.42 Å². The number of carbonyl (C=O) groups excluding carboxylic acids is 1. The first-order valence-electron chi connectivity index (χ1n) is 8.62. The standard InChI is InChI=1S/C19H29NO3/c1-22-13-5-8-17-7-4-12-20(15-17)19(21)11-10-16-6-3-9-18(14-16)23-2/h3,6,9,14,17H,4-5,7-8,10-13,15H2,1-2H3. The smallest absolute Gasteiger partial charge is 0.222 e. The predicted molar refractivity (Wildman–Crippen MR) is 91.7 cm³/mol. The Morgan fingerprint density at radius 1 is 1.35 bits per heavy atom. The number of hydrogen-bond acceptors (Lipinski definition) is 3. The fourth-order valence-corrected chi connectivity index (χ4v) is 3.28. The lowest BCUT2D eigenvalue weighted by Gasteiger charge is -2.33. The molecule has 1 saturated heterocycles. The van der Waals surface area contributed by atoms with E-state index < -0.39 is 0 Å². The van der Waals surface area contributed by atoms with Crippen LogP contribution in [0.4, 0.5) is 0 Å². The third-order valence-electron chi connectivity index (χ3n) is 4.59. The van der Waals surface area contributed by atoms with Crippen molar-refractivity contribution >= 4 is 5.91 Å². The minimum absolute atomic E-state index is 0.282. The molecule has 0 aliphatic carbocycles. The summed E-state index contributed by atoms with van der Waals surface area (Å²) in [7, 11) is 3.41.